The number of ether oxygens (including phenoxy) is 2. The van der Waals surface area contributed by atoms with Gasteiger partial charge in [0.15, 0.2) is 5.60 Å². The molecule has 1 aromatic heterocycles. The van der Waals surface area contributed by atoms with Crippen molar-refractivity contribution in [3.05, 3.63) is 108 Å². The Morgan fingerprint density at radius 2 is 1.44 bits per heavy atom. The number of para-hydroxylation sites is 3. The van der Waals surface area contributed by atoms with Gasteiger partial charge < -0.3 is 18.9 Å². The van der Waals surface area contributed by atoms with Gasteiger partial charge in [-0.1, -0.05) is 48.5 Å². The van der Waals surface area contributed by atoms with Crippen LogP contribution in [0.4, 0.5) is 5.69 Å². The Bertz CT molecular complexity index is 1650. The summed E-state index contributed by atoms with van der Waals surface area (Å²) in [6.07, 6.45) is 0. The first-order valence-electron chi connectivity index (χ1n) is 12.7. The molecule has 0 radical (unpaired) electrons. The van der Waals surface area contributed by atoms with Crippen molar-refractivity contribution in [2.24, 2.45) is 7.05 Å². The zero-order valence-corrected chi connectivity index (χ0v) is 20.8. The molecule has 3 heterocycles. The highest BCUT2D eigenvalue weighted by atomic mass is 16.5. The quantitative estimate of drug-likeness (QED) is 0.272. The van der Waals surface area contributed by atoms with E-state index in [1.54, 1.807) is 0 Å². The summed E-state index contributed by atoms with van der Waals surface area (Å²) in [5, 5.41) is 1.19. The van der Waals surface area contributed by atoms with Crippen LogP contribution in [-0.2, 0) is 12.6 Å². The van der Waals surface area contributed by atoms with E-state index in [0.29, 0.717) is 0 Å². The van der Waals surface area contributed by atoms with E-state index in [4.69, 9.17) is 9.47 Å². The summed E-state index contributed by atoms with van der Waals surface area (Å²) in [5.41, 5.74) is 7.04. The number of aryl methyl sites for hydroxylation is 1. The van der Waals surface area contributed by atoms with Gasteiger partial charge in [-0.2, -0.15) is 0 Å². The monoisotopic (exact) mass is 472 g/mol. The highest BCUT2D eigenvalue weighted by Gasteiger charge is 2.52. The van der Waals surface area contributed by atoms with Gasteiger partial charge in [-0.3, -0.25) is 0 Å². The third-order valence-corrected chi connectivity index (χ3v) is 7.82. The predicted molar refractivity (Wildman–Crippen MR) is 145 cm³/mol. The lowest BCUT2D eigenvalue weighted by Gasteiger charge is -2.44. The summed E-state index contributed by atoms with van der Waals surface area (Å²) in [4.78, 5) is 2.34. The average Bonchev–Trinajstić information content (AvgIpc) is 3.23. The fourth-order valence-corrected chi connectivity index (χ4v) is 6.19. The summed E-state index contributed by atoms with van der Waals surface area (Å²) >= 11 is 0. The molecule has 1 unspecified atom stereocenters. The van der Waals surface area contributed by atoms with E-state index in [1.165, 1.54) is 22.2 Å². The van der Waals surface area contributed by atoms with Crippen molar-refractivity contribution in [3.63, 3.8) is 0 Å². The Labute approximate surface area is 211 Å². The normalized spacial score (nSPS) is 17.0. The molecule has 4 aromatic carbocycles. The molecule has 0 aliphatic carbocycles. The molecular formula is C32H28N2O2. The van der Waals surface area contributed by atoms with Crippen molar-refractivity contribution in [2.45, 2.75) is 19.4 Å². The molecule has 178 valence electrons. The topological polar surface area (TPSA) is 26.6 Å². The smallest absolute Gasteiger partial charge is 0.194 e. The number of hydrogen-bond acceptors (Lipinski definition) is 3. The molecule has 2 aliphatic rings. The number of benzene rings is 4. The third kappa shape index (κ3) is 2.64. The Kier molecular flexibility index (Phi) is 4.50. The largest absolute Gasteiger partial charge is 0.472 e. The lowest BCUT2D eigenvalue weighted by molar-refractivity contribution is 0.139. The Morgan fingerprint density at radius 1 is 0.750 bits per heavy atom. The standard InChI is InChI=1S/C32H28N2O2/c1-4-34(5-2)21-18-19-25-29(20-21)35-28-17-11-8-14-24(28)32(25)30-22-12-6-9-15-26(22)33(3)31(30)23-13-7-10-16-27(23)36-32/h6-20H,4-5H2,1-3H3. The maximum atomic E-state index is 7.21. The number of fused-ring (bicyclic) bond motifs is 10. The molecule has 2 aliphatic heterocycles. The van der Waals surface area contributed by atoms with Crippen LogP contribution in [0.25, 0.3) is 22.2 Å². The van der Waals surface area contributed by atoms with Crippen LogP contribution in [-0.4, -0.2) is 17.7 Å². The first kappa shape index (κ1) is 21.1. The van der Waals surface area contributed by atoms with E-state index in [2.05, 4.69) is 115 Å². The zero-order valence-electron chi connectivity index (χ0n) is 20.8. The van der Waals surface area contributed by atoms with Gasteiger partial charge in [-0.05, 0) is 50.2 Å². The van der Waals surface area contributed by atoms with E-state index in [0.717, 1.165) is 52.7 Å². The molecule has 4 heteroatoms. The fraction of sp³-hybridized carbons (Fsp3) is 0.188. The van der Waals surface area contributed by atoms with Gasteiger partial charge in [0.2, 0.25) is 0 Å². The summed E-state index contributed by atoms with van der Waals surface area (Å²) in [6, 6.07) is 31.9. The molecule has 1 spiro atoms. The minimum Gasteiger partial charge on any atom is -0.472 e. The second kappa shape index (κ2) is 7.66. The highest BCUT2D eigenvalue weighted by molar-refractivity contribution is 5.97. The van der Waals surface area contributed by atoms with E-state index in [9.17, 15) is 0 Å². The van der Waals surface area contributed by atoms with Crippen LogP contribution in [0.1, 0.15) is 30.5 Å². The summed E-state index contributed by atoms with van der Waals surface area (Å²) < 4.78 is 16.1. The fourth-order valence-electron chi connectivity index (χ4n) is 6.19. The van der Waals surface area contributed by atoms with E-state index in [1.807, 2.05) is 6.07 Å². The van der Waals surface area contributed by atoms with Crippen LogP contribution in [0.15, 0.2) is 91.0 Å². The highest BCUT2D eigenvalue weighted by Crippen LogP contribution is 2.60. The van der Waals surface area contributed by atoms with Crippen LogP contribution >= 0.6 is 0 Å². The van der Waals surface area contributed by atoms with Gasteiger partial charge in [0.25, 0.3) is 0 Å². The number of aromatic nitrogens is 1. The molecule has 0 N–H and O–H groups in total. The third-order valence-electron chi connectivity index (χ3n) is 7.82. The lowest BCUT2D eigenvalue weighted by atomic mass is 9.74. The summed E-state index contributed by atoms with van der Waals surface area (Å²) in [6.45, 7) is 6.25. The number of rotatable bonds is 3. The number of anilines is 1. The van der Waals surface area contributed by atoms with E-state index < -0.39 is 5.60 Å². The second-order valence-electron chi connectivity index (χ2n) is 9.53. The van der Waals surface area contributed by atoms with Gasteiger partial charge in [0.05, 0.1) is 5.69 Å². The molecule has 0 saturated heterocycles. The van der Waals surface area contributed by atoms with Crippen molar-refractivity contribution >= 4 is 16.6 Å². The van der Waals surface area contributed by atoms with E-state index >= 15 is 0 Å². The van der Waals surface area contributed by atoms with Gasteiger partial charge in [0, 0.05) is 65.0 Å². The SMILES string of the molecule is CCN(CC)c1ccc2c(c1)Oc1ccccc1C21Oc2ccccc2-c2c1c1ccccc1n2C. The van der Waals surface area contributed by atoms with Crippen molar-refractivity contribution < 1.29 is 9.47 Å². The molecule has 5 aromatic rings. The maximum absolute atomic E-state index is 7.21. The molecular weight excluding hydrogens is 444 g/mol. The average molecular weight is 473 g/mol. The number of hydrogen-bond donors (Lipinski definition) is 0. The van der Waals surface area contributed by atoms with Crippen molar-refractivity contribution in [2.75, 3.05) is 18.0 Å². The van der Waals surface area contributed by atoms with Crippen LogP contribution in [0.5, 0.6) is 17.2 Å². The van der Waals surface area contributed by atoms with Crippen LogP contribution in [0, 0.1) is 0 Å². The van der Waals surface area contributed by atoms with E-state index in [-0.39, 0.29) is 0 Å². The minimum absolute atomic E-state index is 0.833. The van der Waals surface area contributed by atoms with Gasteiger partial charge in [-0.15, -0.1) is 0 Å². The molecule has 0 saturated carbocycles. The Hall–Kier alpha value is -4.18. The van der Waals surface area contributed by atoms with Gasteiger partial charge in [-0.25, -0.2) is 0 Å². The van der Waals surface area contributed by atoms with Crippen molar-refractivity contribution in [1.29, 1.82) is 0 Å². The predicted octanol–water partition coefficient (Wildman–Crippen LogP) is 7.48. The van der Waals surface area contributed by atoms with Crippen molar-refractivity contribution in [3.8, 4) is 28.5 Å². The molecule has 7 rings (SSSR count). The van der Waals surface area contributed by atoms with Crippen LogP contribution in [0.3, 0.4) is 0 Å². The molecule has 0 fully saturated rings. The summed E-state index contributed by atoms with van der Waals surface area (Å²) in [5.74, 6) is 2.56. The molecule has 1 atom stereocenters. The van der Waals surface area contributed by atoms with Crippen LogP contribution < -0.4 is 14.4 Å². The Balaban J connectivity index is 1.63. The van der Waals surface area contributed by atoms with Gasteiger partial charge in [0.1, 0.15) is 17.2 Å². The first-order valence-corrected chi connectivity index (χ1v) is 12.7. The van der Waals surface area contributed by atoms with Crippen molar-refractivity contribution in [1.82, 2.24) is 4.57 Å². The molecule has 0 bridgehead atoms. The second-order valence-corrected chi connectivity index (χ2v) is 9.53. The number of nitrogens with zero attached hydrogens (tertiary/aromatic N) is 2. The molecule has 36 heavy (non-hydrogen) atoms. The van der Waals surface area contributed by atoms with Gasteiger partial charge >= 0.3 is 0 Å². The maximum Gasteiger partial charge on any atom is 0.194 e. The zero-order chi connectivity index (χ0) is 24.4. The van der Waals surface area contributed by atoms with Crippen LogP contribution in [0.2, 0.25) is 0 Å². The Morgan fingerprint density at radius 3 is 2.28 bits per heavy atom. The lowest BCUT2D eigenvalue weighted by Crippen LogP contribution is -2.41. The summed E-state index contributed by atoms with van der Waals surface area (Å²) in [7, 11) is 2.16. The first-order chi connectivity index (χ1) is 17.7. The molecule has 0 amide bonds. The minimum atomic E-state index is -0.837. The molecule has 4 nitrogen and oxygen atoms in total.